The van der Waals surface area contributed by atoms with Crippen LogP contribution in [0.1, 0.15) is 38.1 Å². The van der Waals surface area contributed by atoms with Gasteiger partial charge in [0.25, 0.3) is 0 Å². The van der Waals surface area contributed by atoms with Crippen molar-refractivity contribution in [1.82, 2.24) is 15.1 Å². The van der Waals surface area contributed by atoms with Gasteiger partial charge in [-0.1, -0.05) is 25.1 Å². The molecule has 0 saturated carbocycles. The van der Waals surface area contributed by atoms with Gasteiger partial charge in [-0.3, -0.25) is 14.3 Å². The van der Waals surface area contributed by atoms with Crippen LogP contribution in [0, 0.1) is 0 Å². The number of nitrogens with zero attached hydrogens (tertiary/aromatic N) is 2. The summed E-state index contributed by atoms with van der Waals surface area (Å²) in [5, 5.41) is 9.55. The molecule has 0 aliphatic rings. The summed E-state index contributed by atoms with van der Waals surface area (Å²) in [5.74, 6) is -1.34. The number of aryl methyl sites for hydroxylation is 1. The van der Waals surface area contributed by atoms with Gasteiger partial charge in [0.1, 0.15) is 0 Å². The zero-order valence-electron chi connectivity index (χ0n) is 13.7. The van der Waals surface area contributed by atoms with Crippen LogP contribution in [0.15, 0.2) is 36.5 Å². The molecule has 2 N–H and O–H groups in total. The van der Waals surface area contributed by atoms with Crippen molar-refractivity contribution < 1.29 is 9.59 Å². The van der Waals surface area contributed by atoms with Crippen LogP contribution in [0.25, 0.3) is 0 Å². The smallest absolute Gasteiger partial charge is 0.313 e. The Morgan fingerprint density at radius 3 is 2.57 bits per heavy atom. The predicted octanol–water partition coefficient (Wildman–Crippen LogP) is 2.28. The summed E-state index contributed by atoms with van der Waals surface area (Å²) in [7, 11) is 0. The van der Waals surface area contributed by atoms with E-state index in [0.717, 1.165) is 12.0 Å². The van der Waals surface area contributed by atoms with Crippen LogP contribution in [0.5, 0.6) is 0 Å². The van der Waals surface area contributed by atoms with Gasteiger partial charge in [0, 0.05) is 17.9 Å². The quantitative estimate of drug-likeness (QED) is 0.831. The largest absolute Gasteiger partial charge is 0.342 e. The summed E-state index contributed by atoms with van der Waals surface area (Å²) < 4.78 is 1.80. The molecule has 0 unspecified atom stereocenters. The second kappa shape index (κ2) is 7.58. The van der Waals surface area contributed by atoms with Crippen LogP contribution >= 0.6 is 0 Å². The van der Waals surface area contributed by atoms with E-state index in [4.69, 9.17) is 0 Å². The van der Waals surface area contributed by atoms with Crippen LogP contribution in [0.2, 0.25) is 0 Å². The molecular weight excluding hydrogens is 292 g/mol. The third kappa shape index (κ3) is 4.42. The Morgan fingerprint density at radius 1 is 1.17 bits per heavy atom. The number of hydrogen-bond donors (Lipinski definition) is 2. The van der Waals surface area contributed by atoms with Gasteiger partial charge in [-0.15, -0.1) is 0 Å². The first-order chi connectivity index (χ1) is 11.0. The monoisotopic (exact) mass is 314 g/mol. The fraction of sp³-hybridized carbons (Fsp3) is 0.353. The molecule has 122 valence electrons. The first-order valence-corrected chi connectivity index (χ1v) is 7.72. The molecule has 1 heterocycles. The fourth-order valence-electron chi connectivity index (χ4n) is 2.14. The molecule has 0 fully saturated rings. The maximum absolute atomic E-state index is 12.0. The number of hydrogen-bond acceptors (Lipinski definition) is 3. The molecule has 0 aliphatic carbocycles. The van der Waals surface area contributed by atoms with E-state index in [1.165, 1.54) is 0 Å². The number of anilines is 1. The van der Waals surface area contributed by atoms with Crippen molar-refractivity contribution in [3.63, 3.8) is 0 Å². The van der Waals surface area contributed by atoms with Gasteiger partial charge >= 0.3 is 11.8 Å². The van der Waals surface area contributed by atoms with E-state index in [9.17, 15) is 9.59 Å². The summed E-state index contributed by atoms with van der Waals surface area (Å²) in [4.78, 5) is 23.9. The van der Waals surface area contributed by atoms with E-state index in [2.05, 4.69) is 15.7 Å². The standard InChI is InChI=1S/C17H22N4O2/c1-4-13-7-5-6-8-15(13)19-17(23)16(22)18-11-14-9-10-21(20-14)12(2)3/h5-10,12H,4,11H2,1-3H3,(H,18,22)(H,19,23). The number of amides is 2. The van der Waals surface area contributed by atoms with Crippen LogP contribution in [-0.2, 0) is 22.6 Å². The summed E-state index contributed by atoms with van der Waals surface area (Å²) in [6.07, 6.45) is 2.63. The summed E-state index contributed by atoms with van der Waals surface area (Å²) >= 11 is 0. The molecular formula is C17H22N4O2. The maximum atomic E-state index is 12.0. The molecule has 0 spiro atoms. The van der Waals surface area contributed by atoms with E-state index in [1.54, 1.807) is 10.7 Å². The minimum Gasteiger partial charge on any atom is -0.342 e. The number of carbonyl (C=O) groups excluding carboxylic acids is 2. The predicted molar refractivity (Wildman–Crippen MR) is 88.9 cm³/mol. The van der Waals surface area contributed by atoms with E-state index >= 15 is 0 Å². The molecule has 0 bridgehead atoms. The van der Waals surface area contributed by atoms with Crippen LogP contribution in [-0.4, -0.2) is 21.6 Å². The Labute approximate surface area is 135 Å². The molecule has 0 aliphatic heterocycles. The van der Waals surface area contributed by atoms with E-state index in [0.29, 0.717) is 11.4 Å². The van der Waals surface area contributed by atoms with Crippen molar-refractivity contribution in [2.45, 2.75) is 39.8 Å². The average Bonchev–Trinajstić information content (AvgIpc) is 3.02. The van der Waals surface area contributed by atoms with Gasteiger partial charge in [-0.2, -0.15) is 5.10 Å². The molecule has 6 nitrogen and oxygen atoms in total. The van der Waals surface area contributed by atoms with Gasteiger partial charge < -0.3 is 10.6 Å². The average molecular weight is 314 g/mol. The summed E-state index contributed by atoms with van der Waals surface area (Å²) in [6.45, 7) is 6.26. The highest BCUT2D eigenvalue weighted by molar-refractivity contribution is 6.39. The normalized spacial score (nSPS) is 10.6. The zero-order chi connectivity index (χ0) is 16.8. The summed E-state index contributed by atoms with van der Waals surface area (Å²) in [5.41, 5.74) is 2.37. The number of rotatable bonds is 5. The number of para-hydroxylation sites is 1. The van der Waals surface area contributed by atoms with Crippen molar-refractivity contribution in [3.8, 4) is 0 Å². The molecule has 1 aromatic heterocycles. The second-order valence-corrected chi connectivity index (χ2v) is 5.53. The molecule has 0 radical (unpaired) electrons. The van der Waals surface area contributed by atoms with Crippen LogP contribution in [0.3, 0.4) is 0 Å². The third-order valence-electron chi connectivity index (χ3n) is 3.48. The van der Waals surface area contributed by atoms with E-state index in [-0.39, 0.29) is 12.6 Å². The highest BCUT2D eigenvalue weighted by Gasteiger charge is 2.15. The molecule has 23 heavy (non-hydrogen) atoms. The molecule has 1 aromatic carbocycles. The molecule has 2 rings (SSSR count). The second-order valence-electron chi connectivity index (χ2n) is 5.53. The van der Waals surface area contributed by atoms with Gasteiger partial charge in [-0.25, -0.2) is 0 Å². The fourth-order valence-corrected chi connectivity index (χ4v) is 2.14. The molecule has 2 amide bonds. The lowest BCUT2D eigenvalue weighted by molar-refractivity contribution is -0.136. The molecule has 0 atom stereocenters. The van der Waals surface area contributed by atoms with Crippen molar-refractivity contribution in [3.05, 3.63) is 47.8 Å². The van der Waals surface area contributed by atoms with Gasteiger partial charge in [-0.05, 0) is 38.0 Å². The van der Waals surface area contributed by atoms with Crippen molar-refractivity contribution in [2.75, 3.05) is 5.32 Å². The Hall–Kier alpha value is -2.63. The number of carbonyl (C=O) groups is 2. The Balaban J connectivity index is 1.91. The summed E-state index contributed by atoms with van der Waals surface area (Å²) in [6, 6.07) is 9.52. The lowest BCUT2D eigenvalue weighted by Gasteiger charge is -2.09. The van der Waals surface area contributed by atoms with E-state index < -0.39 is 11.8 Å². The first kappa shape index (κ1) is 16.7. The van der Waals surface area contributed by atoms with Crippen molar-refractivity contribution in [2.24, 2.45) is 0 Å². The highest BCUT2D eigenvalue weighted by Crippen LogP contribution is 2.15. The van der Waals surface area contributed by atoms with E-state index in [1.807, 2.05) is 51.2 Å². The molecule has 2 aromatic rings. The molecule has 6 heteroatoms. The first-order valence-electron chi connectivity index (χ1n) is 7.72. The van der Waals surface area contributed by atoms with Crippen molar-refractivity contribution >= 4 is 17.5 Å². The Bertz CT molecular complexity index is 691. The minimum absolute atomic E-state index is 0.224. The SMILES string of the molecule is CCc1ccccc1NC(=O)C(=O)NCc1ccn(C(C)C)n1. The lowest BCUT2D eigenvalue weighted by atomic mass is 10.1. The van der Waals surface area contributed by atoms with Gasteiger partial charge in [0.15, 0.2) is 0 Å². The van der Waals surface area contributed by atoms with Crippen molar-refractivity contribution in [1.29, 1.82) is 0 Å². The maximum Gasteiger partial charge on any atom is 0.313 e. The third-order valence-corrected chi connectivity index (χ3v) is 3.48. The minimum atomic E-state index is -0.672. The topological polar surface area (TPSA) is 76.0 Å². The highest BCUT2D eigenvalue weighted by atomic mass is 16.2. The number of aromatic nitrogens is 2. The van der Waals surface area contributed by atoms with Crippen LogP contribution < -0.4 is 10.6 Å². The Morgan fingerprint density at radius 2 is 1.91 bits per heavy atom. The number of nitrogens with one attached hydrogen (secondary N) is 2. The molecule has 0 saturated heterocycles. The number of benzene rings is 1. The Kier molecular flexibility index (Phi) is 5.51. The lowest BCUT2D eigenvalue weighted by Crippen LogP contribution is -2.35. The zero-order valence-corrected chi connectivity index (χ0v) is 13.7. The van der Waals surface area contributed by atoms with Crippen LogP contribution in [0.4, 0.5) is 5.69 Å². The van der Waals surface area contributed by atoms with Gasteiger partial charge in [0.05, 0.1) is 12.2 Å². The van der Waals surface area contributed by atoms with Gasteiger partial charge in [0.2, 0.25) is 0 Å².